The Labute approximate surface area is 165 Å². The number of ether oxygens (including phenoxy) is 3. The first kappa shape index (κ1) is 19.1. The highest BCUT2D eigenvalue weighted by atomic mass is 16.5. The molecule has 0 radical (unpaired) electrons. The molecule has 0 aromatic heterocycles. The van der Waals surface area contributed by atoms with Crippen molar-refractivity contribution >= 4 is 11.8 Å². The summed E-state index contributed by atoms with van der Waals surface area (Å²) in [5.41, 5.74) is 1.33. The molecule has 1 unspecified atom stereocenters. The van der Waals surface area contributed by atoms with Gasteiger partial charge >= 0.3 is 0 Å². The molecular weight excluding hydrogens is 360 g/mol. The molecule has 2 aliphatic heterocycles. The molecule has 3 aliphatic rings. The Morgan fingerprint density at radius 3 is 2.54 bits per heavy atom. The second kappa shape index (κ2) is 7.62. The summed E-state index contributed by atoms with van der Waals surface area (Å²) in [6, 6.07) is 3.92. The van der Waals surface area contributed by atoms with Crippen LogP contribution in [0.15, 0.2) is 12.1 Å². The van der Waals surface area contributed by atoms with Gasteiger partial charge in [-0.15, -0.1) is 0 Å². The van der Waals surface area contributed by atoms with Crippen LogP contribution in [-0.4, -0.2) is 56.7 Å². The van der Waals surface area contributed by atoms with E-state index in [9.17, 15) is 9.59 Å². The van der Waals surface area contributed by atoms with E-state index in [1.54, 1.807) is 14.2 Å². The lowest BCUT2D eigenvalue weighted by atomic mass is 9.96. The van der Waals surface area contributed by atoms with Gasteiger partial charge in [-0.3, -0.25) is 9.59 Å². The highest BCUT2D eigenvalue weighted by Crippen LogP contribution is 2.48. The van der Waals surface area contributed by atoms with Gasteiger partial charge in [0.2, 0.25) is 11.8 Å². The first-order valence-corrected chi connectivity index (χ1v) is 10.0. The predicted octanol–water partition coefficient (Wildman–Crippen LogP) is 1.66. The average Bonchev–Trinajstić information content (AvgIpc) is 3.38. The fraction of sp³-hybridized carbons (Fsp3) is 0.619. The van der Waals surface area contributed by atoms with Crippen LogP contribution in [0.25, 0.3) is 0 Å². The molecule has 1 atom stereocenters. The predicted molar refractivity (Wildman–Crippen MR) is 102 cm³/mol. The van der Waals surface area contributed by atoms with Gasteiger partial charge in [0.1, 0.15) is 5.41 Å². The molecule has 2 heterocycles. The number of nitrogens with one attached hydrogen (secondary N) is 1. The lowest BCUT2D eigenvalue weighted by Gasteiger charge is -2.32. The van der Waals surface area contributed by atoms with Crippen molar-refractivity contribution in [2.45, 2.75) is 44.8 Å². The summed E-state index contributed by atoms with van der Waals surface area (Å²) in [4.78, 5) is 27.7. The summed E-state index contributed by atoms with van der Waals surface area (Å²) >= 11 is 0. The SMILES string of the molecule is COc1cc2c(cc1OC)CN(C(=O)C1(C(=O)NCC3CCCO3)CC1)CC2. The number of fused-ring (bicyclic) bond motifs is 1. The Kier molecular flexibility index (Phi) is 5.19. The molecule has 1 N–H and O–H groups in total. The Morgan fingerprint density at radius 1 is 1.21 bits per heavy atom. The molecule has 1 aromatic rings. The normalized spacial score (nSPS) is 22.4. The molecule has 0 spiro atoms. The van der Waals surface area contributed by atoms with Gasteiger partial charge in [0.05, 0.1) is 20.3 Å². The Bertz CT molecular complexity index is 768. The zero-order chi connectivity index (χ0) is 19.7. The first-order valence-electron chi connectivity index (χ1n) is 10.0. The molecule has 2 amide bonds. The van der Waals surface area contributed by atoms with E-state index in [0.29, 0.717) is 44.0 Å². The number of methoxy groups -OCH3 is 2. The van der Waals surface area contributed by atoms with Crippen LogP contribution in [-0.2, 0) is 27.3 Å². The summed E-state index contributed by atoms with van der Waals surface area (Å²) < 4.78 is 16.3. The molecular formula is C21H28N2O5. The second-order valence-corrected chi connectivity index (χ2v) is 7.88. The van der Waals surface area contributed by atoms with E-state index in [2.05, 4.69) is 5.32 Å². The van der Waals surface area contributed by atoms with E-state index in [1.807, 2.05) is 17.0 Å². The first-order chi connectivity index (χ1) is 13.6. The quantitative estimate of drug-likeness (QED) is 0.750. The third-order valence-corrected chi connectivity index (χ3v) is 6.11. The van der Waals surface area contributed by atoms with E-state index in [4.69, 9.17) is 14.2 Å². The number of rotatable bonds is 6. The Balaban J connectivity index is 1.43. The maximum Gasteiger partial charge on any atom is 0.238 e. The molecule has 7 heteroatoms. The molecule has 28 heavy (non-hydrogen) atoms. The molecule has 1 saturated heterocycles. The van der Waals surface area contributed by atoms with Crippen LogP contribution in [0, 0.1) is 5.41 Å². The van der Waals surface area contributed by atoms with Crippen molar-refractivity contribution in [3.63, 3.8) is 0 Å². The monoisotopic (exact) mass is 388 g/mol. The smallest absolute Gasteiger partial charge is 0.238 e. The molecule has 7 nitrogen and oxygen atoms in total. The molecule has 152 valence electrons. The molecule has 1 aromatic carbocycles. The number of hydrogen-bond donors (Lipinski definition) is 1. The number of benzene rings is 1. The van der Waals surface area contributed by atoms with Crippen LogP contribution >= 0.6 is 0 Å². The summed E-state index contributed by atoms with van der Waals surface area (Å²) in [5.74, 6) is 1.16. The van der Waals surface area contributed by atoms with Crippen LogP contribution in [0.4, 0.5) is 0 Å². The topological polar surface area (TPSA) is 77.1 Å². The van der Waals surface area contributed by atoms with Crippen LogP contribution in [0.5, 0.6) is 11.5 Å². The number of amides is 2. The van der Waals surface area contributed by atoms with Crippen LogP contribution in [0.3, 0.4) is 0 Å². The molecule has 0 bridgehead atoms. The maximum atomic E-state index is 13.2. The fourth-order valence-corrected chi connectivity index (χ4v) is 4.20. The van der Waals surface area contributed by atoms with Crippen LogP contribution in [0.2, 0.25) is 0 Å². The van der Waals surface area contributed by atoms with Gasteiger partial charge in [-0.2, -0.15) is 0 Å². The summed E-state index contributed by atoms with van der Waals surface area (Å²) in [7, 11) is 3.22. The van der Waals surface area contributed by atoms with Crippen molar-refractivity contribution in [1.82, 2.24) is 10.2 Å². The van der Waals surface area contributed by atoms with Gasteiger partial charge in [-0.1, -0.05) is 0 Å². The highest BCUT2D eigenvalue weighted by molar-refractivity contribution is 6.07. The maximum absolute atomic E-state index is 13.2. The average molecular weight is 388 g/mol. The zero-order valence-electron chi connectivity index (χ0n) is 16.6. The lowest BCUT2D eigenvalue weighted by molar-refractivity contribution is -0.145. The van der Waals surface area contributed by atoms with Gasteiger partial charge < -0.3 is 24.4 Å². The van der Waals surface area contributed by atoms with E-state index >= 15 is 0 Å². The van der Waals surface area contributed by atoms with Gasteiger partial charge in [0, 0.05) is 26.2 Å². The minimum absolute atomic E-state index is 0.0576. The van der Waals surface area contributed by atoms with E-state index in [0.717, 1.165) is 37.0 Å². The van der Waals surface area contributed by atoms with E-state index in [-0.39, 0.29) is 17.9 Å². The Morgan fingerprint density at radius 2 is 1.93 bits per heavy atom. The van der Waals surface area contributed by atoms with Crippen molar-refractivity contribution in [2.75, 3.05) is 33.9 Å². The number of hydrogen-bond acceptors (Lipinski definition) is 5. The Hall–Kier alpha value is -2.28. The third-order valence-electron chi connectivity index (χ3n) is 6.11. The largest absolute Gasteiger partial charge is 0.493 e. The van der Waals surface area contributed by atoms with Crippen molar-refractivity contribution in [3.05, 3.63) is 23.3 Å². The van der Waals surface area contributed by atoms with E-state index in [1.165, 1.54) is 0 Å². The third kappa shape index (κ3) is 3.43. The van der Waals surface area contributed by atoms with Gasteiger partial charge in [0.25, 0.3) is 0 Å². The van der Waals surface area contributed by atoms with Crippen molar-refractivity contribution < 1.29 is 23.8 Å². The molecule has 2 fully saturated rings. The van der Waals surface area contributed by atoms with Gasteiger partial charge in [-0.25, -0.2) is 0 Å². The minimum Gasteiger partial charge on any atom is -0.493 e. The number of nitrogens with zero attached hydrogens (tertiary/aromatic N) is 1. The summed E-state index contributed by atoms with van der Waals surface area (Å²) in [6.07, 6.45) is 4.08. The van der Waals surface area contributed by atoms with Crippen molar-refractivity contribution in [2.24, 2.45) is 5.41 Å². The molecule has 4 rings (SSSR count). The van der Waals surface area contributed by atoms with E-state index < -0.39 is 5.41 Å². The minimum atomic E-state index is -0.882. The molecule has 1 saturated carbocycles. The number of carbonyl (C=O) groups is 2. The zero-order valence-corrected chi connectivity index (χ0v) is 16.6. The standard InChI is InChI=1S/C21H28N2O5/c1-26-17-10-14-5-8-23(13-15(14)11-18(17)27-2)20(25)21(6-7-21)19(24)22-12-16-4-3-9-28-16/h10-11,16H,3-9,12-13H2,1-2H3,(H,22,24). The van der Waals surface area contributed by atoms with Crippen molar-refractivity contribution in [1.29, 1.82) is 0 Å². The highest BCUT2D eigenvalue weighted by Gasteiger charge is 2.58. The second-order valence-electron chi connectivity index (χ2n) is 7.88. The summed E-state index contributed by atoms with van der Waals surface area (Å²) in [6.45, 7) is 2.36. The summed E-state index contributed by atoms with van der Waals surface area (Å²) in [5, 5.41) is 2.95. The van der Waals surface area contributed by atoms with Crippen molar-refractivity contribution in [3.8, 4) is 11.5 Å². The van der Waals surface area contributed by atoms with Gasteiger partial charge in [0.15, 0.2) is 11.5 Å². The lowest BCUT2D eigenvalue weighted by Crippen LogP contribution is -2.48. The van der Waals surface area contributed by atoms with Crippen LogP contribution in [0.1, 0.15) is 36.8 Å². The van der Waals surface area contributed by atoms with Crippen LogP contribution < -0.4 is 14.8 Å². The van der Waals surface area contributed by atoms with Gasteiger partial charge in [-0.05, 0) is 55.4 Å². The molecule has 1 aliphatic carbocycles. The number of carbonyl (C=O) groups excluding carboxylic acids is 2. The fourth-order valence-electron chi connectivity index (χ4n) is 4.20.